The summed E-state index contributed by atoms with van der Waals surface area (Å²) in [5, 5.41) is 3.71. The fourth-order valence-electron chi connectivity index (χ4n) is 3.11. The van der Waals surface area contributed by atoms with Crippen molar-refractivity contribution in [3.63, 3.8) is 0 Å². The molecule has 21 heavy (non-hydrogen) atoms. The van der Waals surface area contributed by atoms with Gasteiger partial charge in [0.1, 0.15) is 5.60 Å². The smallest absolute Gasteiger partial charge is 0.411 e. The van der Waals surface area contributed by atoms with E-state index < -0.39 is 5.60 Å². The molecule has 4 heteroatoms. The van der Waals surface area contributed by atoms with Crippen molar-refractivity contribution in [3.05, 3.63) is 0 Å². The van der Waals surface area contributed by atoms with E-state index in [9.17, 15) is 4.79 Å². The average molecular weight is 298 g/mol. The van der Waals surface area contributed by atoms with E-state index in [-0.39, 0.29) is 28.2 Å². The normalized spacial score (nSPS) is 26.3. The third-order valence-electron chi connectivity index (χ3n) is 5.38. The van der Waals surface area contributed by atoms with E-state index in [1.165, 1.54) is 0 Å². The number of rotatable bonds is 0. The quantitative estimate of drug-likeness (QED) is 0.736. The molecule has 1 fully saturated rings. The van der Waals surface area contributed by atoms with Gasteiger partial charge in [0, 0.05) is 11.1 Å². The molecule has 0 bridgehead atoms. The third-order valence-corrected chi connectivity index (χ3v) is 5.38. The van der Waals surface area contributed by atoms with Crippen molar-refractivity contribution in [2.45, 2.75) is 104 Å². The number of hydrogen-bond donors (Lipinski definition) is 1. The predicted octanol–water partition coefficient (Wildman–Crippen LogP) is 3.94. The van der Waals surface area contributed by atoms with Crippen molar-refractivity contribution in [1.29, 1.82) is 0 Å². The molecule has 0 radical (unpaired) electrons. The highest BCUT2D eigenvalue weighted by atomic mass is 16.6. The van der Waals surface area contributed by atoms with Crippen LogP contribution in [-0.4, -0.2) is 38.7 Å². The molecule has 0 atom stereocenters. The van der Waals surface area contributed by atoms with Crippen molar-refractivity contribution < 1.29 is 9.53 Å². The van der Waals surface area contributed by atoms with Crippen LogP contribution in [0.1, 0.15) is 76.2 Å². The standard InChI is InChI=1S/C17H34N2O2/c1-13(2,3)21-12(20)19-16(8,9)14(4,5)18-15(6,7)17(19,10)11/h18H,1-11H3. The number of nitrogens with one attached hydrogen (secondary N) is 1. The van der Waals surface area contributed by atoms with E-state index in [2.05, 4.69) is 60.7 Å². The van der Waals surface area contributed by atoms with Gasteiger partial charge in [0.2, 0.25) is 0 Å². The number of nitrogens with zero attached hydrogens (tertiary/aromatic N) is 1. The minimum absolute atomic E-state index is 0.233. The van der Waals surface area contributed by atoms with Crippen molar-refractivity contribution in [1.82, 2.24) is 10.2 Å². The Morgan fingerprint density at radius 3 is 1.48 bits per heavy atom. The van der Waals surface area contributed by atoms with Crippen LogP contribution in [0.3, 0.4) is 0 Å². The van der Waals surface area contributed by atoms with E-state index in [4.69, 9.17) is 4.74 Å². The summed E-state index contributed by atoms with van der Waals surface area (Å²) in [6.07, 6.45) is -0.250. The van der Waals surface area contributed by atoms with Gasteiger partial charge in [-0.15, -0.1) is 0 Å². The molecule has 124 valence electrons. The molecule has 1 N–H and O–H groups in total. The Balaban J connectivity index is 3.37. The van der Waals surface area contributed by atoms with E-state index in [0.29, 0.717) is 0 Å². The van der Waals surface area contributed by atoms with Crippen LogP contribution in [0.2, 0.25) is 0 Å². The minimum atomic E-state index is -0.498. The zero-order valence-electron chi connectivity index (χ0n) is 15.8. The first-order chi connectivity index (χ1) is 8.96. The third kappa shape index (κ3) is 2.92. The van der Waals surface area contributed by atoms with E-state index in [1.54, 1.807) is 0 Å². The van der Waals surface area contributed by atoms with Crippen LogP contribution in [0.25, 0.3) is 0 Å². The molecule has 1 aliphatic heterocycles. The highest BCUT2D eigenvalue weighted by molar-refractivity contribution is 5.71. The number of piperazine rings is 1. The van der Waals surface area contributed by atoms with Gasteiger partial charge >= 0.3 is 6.09 Å². The Morgan fingerprint density at radius 1 is 0.857 bits per heavy atom. The number of carbonyl (C=O) groups is 1. The summed E-state index contributed by atoms with van der Waals surface area (Å²) >= 11 is 0. The lowest BCUT2D eigenvalue weighted by Gasteiger charge is -2.66. The highest BCUT2D eigenvalue weighted by Crippen LogP contribution is 2.45. The second-order valence-electron chi connectivity index (χ2n) is 9.31. The van der Waals surface area contributed by atoms with Gasteiger partial charge in [-0.2, -0.15) is 0 Å². The summed E-state index contributed by atoms with van der Waals surface area (Å²) in [6, 6.07) is 0. The van der Waals surface area contributed by atoms with Crippen LogP contribution in [-0.2, 0) is 4.74 Å². The molecule has 4 nitrogen and oxygen atoms in total. The second-order valence-corrected chi connectivity index (χ2v) is 9.31. The Hall–Kier alpha value is -0.770. The molecule has 1 amide bonds. The maximum atomic E-state index is 12.9. The van der Waals surface area contributed by atoms with Gasteiger partial charge < -0.3 is 10.1 Å². The summed E-state index contributed by atoms with van der Waals surface area (Å²) < 4.78 is 5.69. The van der Waals surface area contributed by atoms with Crippen molar-refractivity contribution >= 4 is 6.09 Å². The van der Waals surface area contributed by atoms with Crippen LogP contribution < -0.4 is 5.32 Å². The summed E-state index contributed by atoms with van der Waals surface area (Å²) in [4.78, 5) is 14.8. The Kier molecular flexibility index (Phi) is 4.01. The number of carbonyl (C=O) groups excluding carboxylic acids is 1. The summed E-state index contributed by atoms with van der Waals surface area (Å²) in [6.45, 7) is 22.7. The van der Waals surface area contributed by atoms with Crippen molar-refractivity contribution in [2.24, 2.45) is 0 Å². The van der Waals surface area contributed by atoms with Gasteiger partial charge in [-0.1, -0.05) is 0 Å². The topological polar surface area (TPSA) is 41.6 Å². The van der Waals surface area contributed by atoms with Gasteiger partial charge in [-0.3, -0.25) is 4.90 Å². The number of ether oxygens (including phenoxy) is 1. The molecule has 1 heterocycles. The monoisotopic (exact) mass is 298 g/mol. The van der Waals surface area contributed by atoms with Crippen LogP contribution >= 0.6 is 0 Å². The lowest BCUT2D eigenvalue weighted by Crippen LogP contribution is -2.84. The summed E-state index contributed by atoms with van der Waals surface area (Å²) in [5.41, 5.74) is -1.73. The first-order valence-electron chi connectivity index (χ1n) is 7.78. The molecule has 0 aliphatic carbocycles. The zero-order valence-corrected chi connectivity index (χ0v) is 15.8. The van der Waals surface area contributed by atoms with Crippen LogP contribution in [0.4, 0.5) is 4.79 Å². The lowest BCUT2D eigenvalue weighted by molar-refractivity contribution is -0.121. The van der Waals surface area contributed by atoms with Crippen molar-refractivity contribution in [3.8, 4) is 0 Å². The number of amides is 1. The first-order valence-corrected chi connectivity index (χ1v) is 7.78. The van der Waals surface area contributed by atoms with Crippen LogP contribution in [0, 0.1) is 0 Å². The second kappa shape index (κ2) is 4.61. The fraction of sp³-hybridized carbons (Fsp3) is 0.941. The van der Waals surface area contributed by atoms with E-state index in [1.807, 2.05) is 25.7 Å². The zero-order chi connectivity index (χ0) is 17.1. The van der Waals surface area contributed by atoms with Gasteiger partial charge in [0.25, 0.3) is 0 Å². The molecule has 0 aromatic heterocycles. The SMILES string of the molecule is CC(C)(C)OC(=O)N1C(C)(C)C(C)(C)NC(C)(C)C1(C)C. The molecule has 1 rings (SSSR count). The maximum absolute atomic E-state index is 12.9. The maximum Gasteiger partial charge on any atom is 0.411 e. The van der Waals surface area contributed by atoms with Gasteiger partial charge in [0.05, 0.1) is 11.1 Å². The Bertz CT molecular complexity index is 403. The molecule has 0 saturated carbocycles. The Morgan fingerprint density at radius 2 is 1.19 bits per heavy atom. The van der Waals surface area contributed by atoms with Crippen LogP contribution in [0.5, 0.6) is 0 Å². The number of hydrogen-bond acceptors (Lipinski definition) is 3. The molecule has 0 unspecified atom stereocenters. The van der Waals surface area contributed by atoms with Gasteiger partial charge in [0.15, 0.2) is 0 Å². The lowest BCUT2D eigenvalue weighted by atomic mass is 9.67. The predicted molar refractivity (Wildman–Crippen MR) is 87.5 cm³/mol. The summed E-state index contributed by atoms with van der Waals surface area (Å²) in [7, 11) is 0. The van der Waals surface area contributed by atoms with Crippen LogP contribution in [0.15, 0.2) is 0 Å². The fourth-order valence-corrected chi connectivity index (χ4v) is 3.11. The molecule has 0 aromatic rings. The molecule has 1 aliphatic rings. The Labute approximate surface area is 130 Å². The molecule has 0 aromatic carbocycles. The van der Waals surface area contributed by atoms with Gasteiger partial charge in [-0.05, 0) is 76.2 Å². The summed E-state index contributed by atoms with van der Waals surface area (Å²) in [5.74, 6) is 0. The molecule has 0 spiro atoms. The van der Waals surface area contributed by atoms with E-state index >= 15 is 0 Å². The highest BCUT2D eigenvalue weighted by Gasteiger charge is 2.61. The van der Waals surface area contributed by atoms with Gasteiger partial charge in [-0.25, -0.2) is 4.79 Å². The van der Waals surface area contributed by atoms with Crippen molar-refractivity contribution in [2.75, 3.05) is 0 Å². The largest absolute Gasteiger partial charge is 0.444 e. The average Bonchev–Trinajstić information content (AvgIpc) is 2.08. The molecular formula is C17H34N2O2. The first kappa shape index (κ1) is 18.3. The van der Waals surface area contributed by atoms with E-state index in [0.717, 1.165) is 0 Å². The molecular weight excluding hydrogens is 264 g/mol. The molecule has 1 saturated heterocycles. The minimum Gasteiger partial charge on any atom is -0.444 e.